The van der Waals surface area contributed by atoms with E-state index >= 15 is 0 Å². The van der Waals surface area contributed by atoms with E-state index < -0.39 is 0 Å². The molecule has 1 amide bonds. The Kier molecular flexibility index (Phi) is 4.25. The van der Waals surface area contributed by atoms with Crippen LogP contribution in [0.1, 0.15) is 18.7 Å². The summed E-state index contributed by atoms with van der Waals surface area (Å²) in [4.78, 5) is 11.7. The van der Waals surface area contributed by atoms with E-state index in [0.29, 0.717) is 42.4 Å². The van der Waals surface area contributed by atoms with Gasteiger partial charge in [-0.2, -0.15) is 0 Å². The van der Waals surface area contributed by atoms with Crippen LogP contribution in [0.4, 0.5) is 5.69 Å². The smallest absolute Gasteiger partial charge is 0.249 e. The second kappa shape index (κ2) is 6.10. The van der Waals surface area contributed by atoms with Gasteiger partial charge in [0, 0.05) is 13.3 Å². The molecule has 19 heavy (non-hydrogen) atoms. The van der Waals surface area contributed by atoms with Crippen molar-refractivity contribution in [3.63, 3.8) is 0 Å². The maximum absolute atomic E-state index is 11.7. The molecule has 0 saturated carbocycles. The van der Waals surface area contributed by atoms with Gasteiger partial charge in [-0.25, -0.2) is 0 Å². The van der Waals surface area contributed by atoms with Crippen molar-refractivity contribution in [1.82, 2.24) is 10.2 Å². The van der Waals surface area contributed by atoms with Crippen molar-refractivity contribution in [2.45, 2.75) is 19.8 Å². The number of anilines is 1. The minimum atomic E-state index is -0.0749. The fraction of sp³-hybridized carbons (Fsp3) is 0.308. The summed E-state index contributed by atoms with van der Waals surface area (Å²) in [6.07, 6.45) is 1.06. The normalized spacial score (nSPS) is 10.4. The van der Waals surface area contributed by atoms with Crippen LogP contribution >= 0.6 is 0 Å². The number of para-hydroxylation sites is 1. The molecule has 0 radical (unpaired) electrons. The minimum absolute atomic E-state index is 0.0749. The summed E-state index contributed by atoms with van der Waals surface area (Å²) in [5, 5.41) is 10.6. The largest absolute Gasteiger partial charge is 0.421 e. The molecule has 0 saturated heterocycles. The van der Waals surface area contributed by atoms with Crippen molar-refractivity contribution in [3.05, 3.63) is 30.2 Å². The number of carbonyl (C=O) groups excluding carboxylic acids is 1. The lowest BCUT2D eigenvalue weighted by molar-refractivity contribution is -0.116. The van der Waals surface area contributed by atoms with Gasteiger partial charge in [-0.15, -0.1) is 10.2 Å². The van der Waals surface area contributed by atoms with E-state index in [0.717, 1.165) is 0 Å². The van der Waals surface area contributed by atoms with Gasteiger partial charge in [-0.05, 0) is 25.1 Å². The van der Waals surface area contributed by atoms with Crippen LogP contribution in [-0.2, 0) is 4.79 Å². The van der Waals surface area contributed by atoms with Crippen molar-refractivity contribution in [2.24, 2.45) is 5.73 Å². The van der Waals surface area contributed by atoms with E-state index in [1.165, 1.54) is 0 Å². The average Bonchev–Trinajstić information content (AvgIpc) is 2.83. The molecule has 0 aliphatic carbocycles. The molecule has 0 bridgehead atoms. The Morgan fingerprint density at radius 1 is 1.37 bits per heavy atom. The highest BCUT2D eigenvalue weighted by Gasteiger charge is 2.12. The molecule has 3 N–H and O–H groups in total. The fourth-order valence-corrected chi connectivity index (χ4v) is 1.66. The Bertz CT molecular complexity index is 565. The third-order valence-corrected chi connectivity index (χ3v) is 2.57. The highest BCUT2D eigenvalue weighted by atomic mass is 16.4. The molecule has 2 aromatic rings. The first kappa shape index (κ1) is 13.2. The van der Waals surface area contributed by atoms with Crippen LogP contribution in [0, 0.1) is 6.92 Å². The summed E-state index contributed by atoms with van der Waals surface area (Å²) in [7, 11) is 0. The molecule has 1 aromatic heterocycles. The molecule has 0 atom stereocenters. The van der Waals surface area contributed by atoms with Gasteiger partial charge in [0.1, 0.15) is 0 Å². The predicted octanol–water partition coefficient (Wildman–Crippen LogP) is 1.72. The van der Waals surface area contributed by atoms with E-state index in [2.05, 4.69) is 15.5 Å². The maximum Gasteiger partial charge on any atom is 0.249 e. The van der Waals surface area contributed by atoms with Crippen molar-refractivity contribution in [1.29, 1.82) is 0 Å². The maximum atomic E-state index is 11.7. The number of hydrogen-bond donors (Lipinski definition) is 2. The Morgan fingerprint density at radius 2 is 2.16 bits per heavy atom. The number of aryl methyl sites for hydroxylation is 1. The summed E-state index contributed by atoms with van der Waals surface area (Å²) in [6, 6.07) is 7.32. The topological polar surface area (TPSA) is 94.0 Å². The zero-order valence-electron chi connectivity index (χ0n) is 10.7. The van der Waals surface area contributed by atoms with Crippen LogP contribution in [0.2, 0.25) is 0 Å². The summed E-state index contributed by atoms with van der Waals surface area (Å²) in [6.45, 7) is 2.22. The van der Waals surface area contributed by atoms with Crippen molar-refractivity contribution in [3.8, 4) is 11.5 Å². The molecule has 1 heterocycles. The van der Waals surface area contributed by atoms with Crippen LogP contribution < -0.4 is 11.1 Å². The predicted molar refractivity (Wildman–Crippen MR) is 71.4 cm³/mol. The number of amides is 1. The highest BCUT2D eigenvalue weighted by Crippen LogP contribution is 2.26. The number of nitrogens with one attached hydrogen (secondary N) is 1. The quantitative estimate of drug-likeness (QED) is 0.853. The first-order valence-electron chi connectivity index (χ1n) is 6.10. The van der Waals surface area contributed by atoms with Crippen LogP contribution in [-0.4, -0.2) is 22.6 Å². The molecule has 0 fully saturated rings. The molecule has 6 heteroatoms. The van der Waals surface area contributed by atoms with Gasteiger partial charge in [0.15, 0.2) is 0 Å². The highest BCUT2D eigenvalue weighted by molar-refractivity contribution is 5.94. The third-order valence-electron chi connectivity index (χ3n) is 2.57. The number of nitrogens with zero attached hydrogens (tertiary/aromatic N) is 2. The van der Waals surface area contributed by atoms with Gasteiger partial charge >= 0.3 is 0 Å². The standard InChI is InChI=1S/C13H16N4O2/c1-9-16-17-13(19-9)10-5-2-3-6-11(10)15-12(18)7-4-8-14/h2-3,5-6H,4,7-8,14H2,1H3,(H,15,18). The Labute approximate surface area is 111 Å². The summed E-state index contributed by atoms with van der Waals surface area (Å²) in [5.41, 5.74) is 6.75. The molecule has 2 rings (SSSR count). The number of carbonyl (C=O) groups is 1. The average molecular weight is 260 g/mol. The molecular weight excluding hydrogens is 244 g/mol. The van der Waals surface area contributed by atoms with Crippen LogP contribution in [0.15, 0.2) is 28.7 Å². The Hall–Kier alpha value is -2.21. The summed E-state index contributed by atoms with van der Waals surface area (Å²) < 4.78 is 5.38. The zero-order chi connectivity index (χ0) is 13.7. The molecule has 0 unspecified atom stereocenters. The van der Waals surface area contributed by atoms with Crippen LogP contribution in [0.25, 0.3) is 11.5 Å². The van der Waals surface area contributed by atoms with E-state index in [1.807, 2.05) is 18.2 Å². The van der Waals surface area contributed by atoms with Crippen LogP contribution in [0.3, 0.4) is 0 Å². The van der Waals surface area contributed by atoms with Gasteiger partial charge in [0.2, 0.25) is 17.7 Å². The first-order chi connectivity index (χ1) is 9.20. The lowest BCUT2D eigenvalue weighted by atomic mass is 10.1. The molecule has 6 nitrogen and oxygen atoms in total. The van der Waals surface area contributed by atoms with Gasteiger partial charge in [-0.1, -0.05) is 12.1 Å². The number of hydrogen-bond acceptors (Lipinski definition) is 5. The lowest BCUT2D eigenvalue weighted by Gasteiger charge is -2.08. The Balaban J connectivity index is 2.19. The molecule has 0 aliphatic heterocycles. The number of aromatic nitrogens is 2. The van der Waals surface area contributed by atoms with Gasteiger partial charge in [0.25, 0.3) is 0 Å². The SMILES string of the molecule is Cc1nnc(-c2ccccc2NC(=O)CCCN)o1. The number of rotatable bonds is 5. The van der Waals surface area contributed by atoms with Gasteiger partial charge in [-0.3, -0.25) is 4.79 Å². The fourth-order valence-electron chi connectivity index (χ4n) is 1.66. The lowest BCUT2D eigenvalue weighted by Crippen LogP contribution is -2.14. The van der Waals surface area contributed by atoms with Crippen molar-refractivity contribution in [2.75, 3.05) is 11.9 Å². The van der Waals surface area contributed by atoms with Gasteiger partial charge in [0.05, 0.1) is 11.3 Å². The molecular formula is C13H16N4O2. The zero-order valence-corrected chi connectivity index (χ0v) is 10.7. The molecule has 0 spiro atoms. The monoisotopic (exact) mass is 260 g/mol. The van der Waals surface area contributed by atoms with Gasteiger partial charge < -0.3 is 15.5 Å². The van der Waals surface area contributed by atoms with Crippen molar-refractivity contribution >= 4 is 11.6 Å². The van der Waals surface area contributed by atoms with Crippen molar-refractivity contribution < 1.29 is 9.21 Å². The number of benzene rings is 1. The minimum Gasteiger partial charge on any atom is -0.421 e. The number of nitrogens with two attached hydrogens (primary N) is 1. The Morgan fingerprint density at radius 3 is 2.84 bits per heavy atom. The second-order valence-corrected chi connectivity index (χ2v) is 4.11. The summed E-state index contributed by atoms with van der Waals surface area (Å²) in [5.74, 6) is 0.806. The van der Waals surface area contributed by atoms with E-state index in [-0.39, 0.29) is 5.91 Å². The molecule has 1 aromatic carbocycles. The second-order valence-electron chi connectivity index (χ2n) is 4.11. The van der Waals surface area contributed by atoms with Crippen LogP contribution in [0.5, 0.6) is 0 Å². The summed E-state index contributed by atoms with van der Waals surface area (Å²) >= 11 is 0. The van der Waals surface area contributed by atoms with E-state index in [1.54, 1.807) is 13.0 Å². The third kappa shape index (κ3) is 3.38. The van der Waals surface area contributed by atoms with E-state index in [9.17, 15) is 4.79 Å². The van der Waals surface area contributed by atoms with E-state index in [4.69, 9.17) is 10.2 Å². The molecule has 100 valence electrons. The first-order valence-corrected chi connectivity index (χ1v) is 6.10. The molecule has 0 aliphatic rings.